The fourth-order valence-corrected chi connectivity index (χ4v) is 9.45. The fourth-order valence-electron chi connectivity index (χ4n) is 9.45. The lowest BCUT2D eigenvalue weighted by Gasteiger charge is -2.66. The Labute approximate surface area is 228 Å². The Morgan fingerprint density at radius 1 is 1.10 bits per heavy atom. The van der Waals surface area contributed by atoms with E-state index >= 15 is 0 Å². The number of aromatic hydroxyl groups is 2. The van der Waals surface area contributed by atoms with Gasteiger partial charge in [0.15, 0.2) is 11.5 Å². The Balaban J connectivity index is 1.19. The number of phenols is 2. The van der Waals surface area contributed by atoms with Gasteiger partial charge in [0, 0.05) is 48.1 Å². The molecule has 5 atom stereocenters. The van der Waals surface area contributed by atoms with Crippen LogP contribution in [0.5, 0.6) is 17.2 Å². The minimum absolute atomic E-state index is 0.00861. The number of halogens is 1. The molecule has 0 aromatic heterocycles. The smallest absolute Gasteiger partial charge is 0.320 e. The third-order valence-electron chi connectivity index (χ3n) is 11.3. The molecule has 4 aliphatic heterocycles. The number of likely N-dealkylation sites (tertiary alicyclic amines) is 1. The zero-order chi connectivity index (χ0) is 26.7. The molecule has 9 rings (SSSR count). The highest BCUT2D eigenvalue weighted by Gasteiger charge is 2.74. The first-order valence-electron chi connectivity index (χ1n) is 14.6. The van der Waals surface area contributed by atoms with Gasteiger partial charge in [-0.3, -0.25) is 4.90 Å². The molecule has 7 nitrogen and oxygen atoms in total. The number of carbonyl (C=O) groups is 1. The molecule has 2 N–H and O–H groups in total. The summed E-state index contributed by atoms with van der Waals surface area (Å²) in [5.74, 6) is 0.998. The maximum atomic E-state index is 14.5. The van der Waals surface area contributed by atoms with E-state index in [0.717, 1.165) is 51.1 Å². The molecule has 0 unspecified atom stereocenters. The quantitative estimate of drug-likeness (QED) is 0.610. The average molecular weight is 534 g/mol. The minimum atomic E-state index is -0.516. The number of hydrogen-bond acceptors (Lipinski definition) is 5. The summed E-state index contributed by atoms with van der Waals surface area (Å²) < 4.78 is 21.3. The number of ether oxygens (including phenoxy) is 1. The van der Waals surface area contributed by atoms with Crippen LogP contribution < -0.4 is 4.74 Å². The van der Waals surface area contributed by atoms with E-state index in [0.29, 0.717) is 18.3 Å². The monoisotopic (exact) mass is 533 g/mol. The second-order valence-electron chi connectivity index (χ2n) is 12.9. The minimum Gasteiger partial charge on any atom is -0.507 e. The molecule has 3 aliphatic carbocycles. The Morgan fingerprint density at radius 3 is 2.74 bits per heavy atom. The number of nitrogens with zero attached hydrogens (tertiary/aromatic N) is 3. The van der Waals surface area contributed by atoms with E-state index in [4.69, 9.17) is 4.74 Å². The lowest BCUT2D eigenvalue weighted by atomic mass is 9.42. The van der Waals surface area contributed by atoms with Crippen molar-refractivity contribution in [1.29, 1.82) is 0 Å². The number of carbonyl (C=O) groups excluding carboxylic acids is 1. The molecule has 2 aromatic carbocycles. The Morgan fingerprint density at radius 2 is 1.95 bits per heavy atom. The number of hydrogen-bond donors (Lipinski definition) is 2. The van der Waals surface area contributed by atoms with Crippen molar-refractivity contribution in [3.63, 3.8) is 0 Å². The second kappa shape index (κ2) is 8.03. The van der Waals surface area contributed by atoms with Crippen LogP contribution in [0.3, 0.4) is 0 Å². The molecule has 0 radical (unpaired) electrons. The van der Waals surface area contributed by atoms with Crippen molar-refractivity contribution in [3.8, 4) is 17.2 Å². The zero-order valence-corrected chi connectivity index (χ0v) is 22.4. The number of phenolic OH excluding ortho intramolecular Hbond substituents is 2. The highest BCUT2D eigenvalue weighted by atomic mass is 19.1. The van der Waals surface area contributed by atoms with Gasteiger partial charge in [-0.2, -0.15) is 0 Å². The SMILES string of the molecule is CN(Cc1c(O)cccc1F)C(=O)N1CC[C@@]23CC[C@@H]1[C@@H]1Oc4c(O)ccc5c4[C@@]12CCN(CC1CC1)[C@@H]3C5. The van der Waals surface area contributed by atoms with Crippen molar-refractivity contribution in [2.75, 3.05) is 26.7 Å². The molecular formula is C31H36FN3O4. The van der Waals surface area contributed by atoms with Crippen LogP contribution in [0.15, 0.2) is 30.3 Å². The molecule has 39 heavy (non-hydrogen) atoms. The van der Waals surface area contributed by atoms with Gasteiger partial charge in [-0.15, -0.1) is 0 Å². The summed E-state index contributed by atoms with van der Waals surface area (Å²) in [5, 5.41) is 21.2. The number of fused-ring (bicyclic) bond motifs is 3. The van der Waals surface area contributed by atoms with Gasteiger partial charge in [0.05, 0.1) is 12.6 Å². The molecule has 2 saturated carbocycles. The number of rotatable bonds is 4. The highest BCUT2D eigenvalue weighted by Crippen LogP contribution is 2.71. The van der Waals surface area contributed by atoms with E-state index in [-0.39, 0.29) is 52.6 Å². The third kappa shape index (κ3) is 3.04. The maximum absolute atomic E-state index is 14.5. The van der Waals surface area contributed by atoms with Gasteiger partial charge in [-0.1, -0.05) is 12.1 Å². The molecule has 2 aromatic rings. The molecule has 8 heteroatoms. The van der Waals surface area contributed by atoms with E-state index in [1.54, 1.807) is 13.1 Å². The summed E-state index contributed by atoms with van der Waals surface area (Å²) in [7, 11) is 1.68. The van der Waals surface area contributed by atoms with Crippen molar-refractivity contribution >= 4 is 6.03 Å². The van der Waals surface area contributed by atoms with Crippen LogP contribution in [0.2, 0.25) is 0 Å². The maximum Gasteiger partial charge on any atom is 0.320 e. The second-order valence-corrected chi connectivity index (χ2v) is 12.9. The van der Waals surface area contributed by atoms with Crippen molar-refractivity contribution in [1.82, 2.24) is 14.7 Å². The fraction of sp³-hybridized carbons (Fsp3) is 0.581. The summed E-state index contributed by atoms with van der Waals surface area (Å²) in [6.07, 6.45) is 7.20. The van der Waals surface area contributed by atoms with Crippen LogP contribution in [0.25, 0.3) is 0 Å². The van der Waals surface area contributed by atoms with Crippen molar-refractivity contribution < 1.29 is 24.1 Å². The number of amides is 2. The lowest BCUT2D eigenvalue weighted by molar-refractivity contribution is -0.129. The number of benzene rings is 2. The Bertz CT molecular complexity index is 1360. The predicted octanol–water partition coefficient (Wildman–Crippen LogP) is 4.38. The largest absolute Gasteiger partial charge is 0.507 e. The lowest BCUT2D eigenvalue weighted by Crippen LogP contribution is -2.73. The van der Waals surface area contributed by atoms with Crippen molar-refractivity contribution in [2.45, 2.75) is 75.1 Å². The van der Waals surface area contributed by atoms with Crippen molar-refractivity contribution in [2.24, 2.45) is 11.3 Å². The van der Waals surface area contributed by atoms with E-state index < -0.39 is 5.82 Å². The predicted molar refractivity (Wildman–Crippen MR) is 142 cm³/mol. The van der Waals surface area contributed by atoms with E-state index in [2.05, 4.69) is 11.0 Å². The number of piperidine rings is 1. The molecular weight excluding hydrogens is 497 g/mol. The molecule has 2 spiro atoms. The summed E-state index contributed by atoms with van der Waals surface area (Å²) in [4.78, 5) is 20.3. The van der Waals surface area contributed by atoms with Gasteiger partial charge in [0.1, 0.15) is 17.7 Å². The van der Waals surface area contributed by atoms with Crippen LogP contribution in [0.4, 0.5) is 9.18 Å². The van der Waals surface area contributed by atoms with Crippen LogP contribution in [0, 0.1) is 17.2 Å². The Kier molecular flexibility index (Phi) is 4.91. The van der Waals surface area contributed by atoms with Crippen LogP contribution in [0.1, 0.15) is 55.2 Å². The van der Waals surface area contributed by atoms with Crippen LogP contribution >= 0.6 is 0 Å². The summed E-state index contributed by atoms with van der Waals surface area (Å²) in [6.45, 7) is 2.82. The molecule has 7 aliphatic rings. The third-order valence-corrected chi connectivity index (χ3v) is 11.3. The van der Waals surface area contributed by atoms with E-state index in [1.807, 2.05) is 4.90 Å². The van der Waals surface area contributed by atoms with Gasteiger partial charge >= 0.3 is 6.03 Å². The molecule has 3 saturated heterocycles. The standard InChI is InChI=1S/C31H36FN3O4/c1-33(17-20-21(32)3-2-4-23(20)36)29(38)35-14-11-30-10-9-22(35)28-31(30)12-13-34(16-18-5-6-18)25(30)15-19-7-8-24(37)27(39-28)26(19)31/h2-4,7-8,18,22,25,28,36-37H,5-6,9-17H2,1H3/t22-,25-,28+,30-,31+/m1/s1. The van der Waals surface area contributed by atoms with Crippen LogP contribution in [-0.2, 0) is 18.4 Å². The number of urea groups is 1. The molecule has 2 amide bonds. The molecule has 206 valence electrons. The van der Waals surface area contributed by atoms with Crippen LogP contribution in [-0.4, -0.2) is 75.8 Å². The van der Waals surface area contributed by atoms with Crippen molar-refractivity contribution in [3.05, 3.63) is 52.8 Å². The Hall–Kier alpha value is -3.00. The normalized spacial score (nSPS) is 33.9. The summed E-state index contributed by atoms with van der Waals surface area (Å²) in [6, 6.07) is 8.24. The van der Waals surface area contributed by atoms with Gasteiger partial charge in [-0.25, -0.2) is 9.18 Å². The summed E-state index contributed by atoms with van der Waals surface area (Å²) >= 11 is 0. The van der Waals surface area contributed by atoms with E-state index in [9.17, 15) is 19.4 Å². The van der Waals surface area contributed by atoms with Gasteiger partial charge < -0.3 is 24.7 Å². The van der Waals surface area contributed by atoms with Gasteiger partial charge in [-0.05, 0) is 81.2 Å². The average Bonchev–Trinajstić information content (AvgIpc) is 3.71. The first-order chi connectivity index (χ1) is 18.8. The first kappa shape index (κ1) is 23.9. The van der Waals surface area contributed by atoms with Gasteiger partial charge in [0.25, 0.3) is 0 Å². The highest BCUT2D eigenvalue weighted by molar-refractivity contribution is 5.75. The molecule has 4 heterocycles. The van der Waals surface area contributed by atoms with E-state index in [1.165, 1.54) is 47.1 Å². The summed E-state index contributed by atoms with van der Waals surface area (Å²) in [5.41, 5.74) is 2.44. The first-order valence-corrected chi connectivity index (χ1v) is 14.6. The van der Waals surface area contributed by atoms with Gasteiger partial charge in [0.2, 0.25) is 0 Å². The topological polar surface area (TPSA) is 76.5 Å². The molecule has 4 bridgehead atoms. The zero-order valence-electron chi connectivity index (χ0n) is 22.4. The molecule has 5 fully saturated rings.